The summed E-state index contributed by atoms with van der Waals surface area (Å²) in [6.07, 6.45) is 0.746. The van der Waals surface area contributed by atoms with Gasteiger partial charge in [-0.3, -0.25) is 4.79 Å². The number of ketones is 1. The number of carbonyl (C=O) groups excluding carboxylic acids is 2. The van der Waals surface area contributed by atoms with Crippen molar-refractivity contribution in [1.82, 2.24) is 0 Å². The molecule has 0 fully saturated rings. The predicted octanol–water partition coefficient (Wildman–Crippen LogP) is 4.68. The maximum absolute atomic E-state index is 12.3. The van der Waals surface area contributed by atoms with Crippen LogP contribution in [-0.2, 0) is 4.74 Å². The Hall–Kier alpha value is -3.14. The molecule has 1 heterocycles. The maximum atomic E-state index is 12.3. The second-order valence-corrected chi connectivity index (χ2v) is 5.83. The minimum atomic E-state index is -0.847. The van der Waals surface area contributed by atoms with Gasteiger partial charge < -0.3 is 9.15 Å². The van der Waals surface area contributed by atoms with Gasteiger partial charge >= 0.3 is 5.97 Å². The number of esters is 1. The van der Waals surface area contributed by atoms with E-state index in [0.717, 1.165) is 16.9 Å². The van der Waals surface area contributed by atoms with E-state index in [1.165, 1.54) is 0 Å². The fourth-order valence-electron chi connectivity index (χ4n) is 2.45. The molecule has 0 saturated carbocycles. The van der Waals surface area contributed by atoms with Gasteiger partial charge in [0.1, 0.15) is 5.76 Å². The second-order valence-electron chi connectivity index (χ2n) is 5.83. The van der Waals surface area contributed by atoms with Gasteiger partial charge in [-0.25, -0.2) is 4.79 Å². The summed E-state index contributed by atoms with van der Waals surface area (Å²) >= 11 is 0. The maximum Gasteiger partial charge on any atom is 0.338 e. The van der Waals surface area contributed by atoms with Crippen molar-refractivity contribution in [3.8, 4) is 11.3 Å². The Morgan fingerprint density at radius 2 is 1.56 bits per heavy atom. The van der Waals surface area contributed by atoms with Crippen LogP contribution < -0.4 is 0 Å². The lowest BCUT2D eigenvalue weighted by Gasteiger charge is -2.12. The molecule has 4 nitrogen and oxygen atoms in total. The van der Waals surface area contributed by atoms with Gasteiger partial charge in [-0.2, -0.15) is 0 Å². The number of furan rings is 1. The Morgan fingerprint density at radius 1 is 0.920 bits per heavy atom. The first kappa shape index (κ1) is 16.7. The molecule has 25 heavy (non-hydrogen) atoms. The molecule has 1 aromatic heterocycles. The lowest BCUT2D eigenvalue weighted by Crippen LogP contribution is -2.24. The van der Waals surface area contributed by atoms with Crippen molar-refractivity contribution in [2.24, 2.45) is 0 Å². The van der Waals surface area contributed by atoms with Gasteiger partial charge in [0, 0.05) is 11.1 Å². The third-order valence-electron chi connectivity index (χ3n) is 3.92. The van der Waals surface area contributed by atoms with E-state index in [2.05, 4.69) is 0 Å². The monoisotopic (exact) mass is 334 g/mol. The zero-order valence-corrected chi connectivity index (χ0v) is 14.1. The summed E-state index contributed by atoms with van der Waals surface area (Å²) < 4.78 is 10.6. The smallest absolute Gasteiger partial charge is 0.338 e. The molecule has 0 amide bonds. The molecular weight excluding hydrogens is 316 g/mol. The number of Topliss-reactive ketones (excluding diaryl/α,β-unsaturated/α-hetero) is 1. The van der Waals surface area contributed by atoms with Crippen molar-refractivity contribution in [1.29, 1.82) is 0 Å². The fourth-order valence-corrected chi connectivity index (χ4v) is 2.45. The number of benzene rings is 2. The van der Waals surface area contributed by atoms with Crippen molar-refractivity contribution in [3.63, 3.8) is 0 Å². The Balaban J connectivity index is 1.67. The molecule has 1 unspecified atom stereocenters. The number of carbonyl (C=O) groups is 2. The molecular formula is C21H18O4. The number of rotatable bonds is 5. The standard InChI is InChI=1S/C21H18O4/c1-14-5-7-17(8-6-14)20(22)15(2)25-21(23)18-11-9-16(10-12-18)19-4-3-13-24-19/h3-13,15H,1-2H3. The topological polar surface area (TPSA) is 56.5 Å². The molecule has 0 aliphatic rings. The van der Waals surface area contributed by atoms with E-state index in [4.69, 9.17) is 9.15 Å². The largest absolute Gasteiger partial charge is 0.464 e. The minimum Gasteiger partial charge on any atom is -0.464 e. The average Bonchev–Trinajstić information content (AvgIpc) is 3.16. The van der Waals surface area contributed by atoms with E-state index in [-0.39, 0.29) is 5.78 Å². The van der Waals surface area contributed by atoms with Crippen molar-refractivity contribution in [2.75, 3.05) is 0 Å². The molecule has 126 valence electrons. The summed E-state index contributed by atoms with van der Waals surface area (Å²) in [5.41, 5.74) is 2.85. The highest BCUT2D eigenvalue weighted by Gasteiger charge is 2.20. The average molecular weight is 334 g/mol. The molecule has 0 N–H and O–H groups in total. The Kier molecular flexibility index (Phi) is 4.80. The summed E-state index contributed by atoms with van der Waals surface area (Å²) in [7, 11) is 0. The SMILES string of the molecule is Cc1ccc(C(=O)C(C)OC(=O)c2ccc(-c3ccco3)cc2)cc1. The van der Waals surface area contributed by atoms with Crippen LogP contribution in [0.4, 0.5) is 0 Å². The van der Waals surface area contributed by atoms with Crippen LogP contribution in [0.15, 0.2) is 71.3 Å². The lowest BCUT2D eigenvalue weighted by atomic mass is 10.1. The van der Waals surface area contributed by atoms with Gasteiger partial charge in [-0.1, -0.05) is 42.0 Å². The molecule has 0 saturated heterocycles. The third kappa shape index (κ3) is 3.86. The highest BCUT2D eigenvalue weighted by Crippen LogP contribution is 2.20. The van der Waals surface area contributed by atoms with Crippen molar-refractivity contribution in [3.05, 3.63) is 83.6 Å². The van der Waals surface area contributed by atoms with Crippen LogP contribution >= 0.6 is 0 Å². The molecule has 0 radical (unpaired) electrons. The normalized spacial score (nSPS) is 11.8. The van der Waals surface area contributed by atoms with Crippen molar-refractivity contribution < 1.29 is 18.7 Å². The molecule has 0 bridgehead atoms. The first-order valence-corrected chi connectivity index (χ1v) is 8.00. The van der Waals surface area contributed by atoms with E-state index in [0.29, 0.717) is 11.1 Å². The van der Waals surface area contributed by atoms with Crippen LogP contribution in [0.1, 0.15) is 33.2 Å². The zero-order chi connectivity index (χ0) is 17.8. The summed E-state index contributed by atoms with van der Waals surface area (Å²) in [5.74, 6) is -0.0256. The van der Waals surface area contributed by atoms with Crippen LogP contribution in [0.2, 0.25) is 0 Å². The van der Waals surface area contributed by atoms with Crippen LogP contribution in [0.5, 0.6) is 0 Å². The molecule has 3 rings (SSSR count). The Morgan fingerprint density at radius 3 is 2.16 bits per heavy atom. The first-order valence-electron chi connectivity index (χ1n) is 8.00. The number of aryl methyl sites for hydroxylation is 1. The van der Waals surface area contributed by atoms with Gasteiger partial charge in [0.2, 0.25) is 5.78 Å². The molecule has 4 heteroatoms. The van der Waals surface area contributed by atoms with Crippen LogP contribution in [0.3, 0.4) is 0 Å². The fraction of sp³-hybridized carbons (Fsp3) is 0.143. The summed E-state index contributed by atoms with van der Waals surface area (Å²) in [6, 6.07) is 17.7. The molecule has 0 aliphatic carbocycles. The van der Waals surface area contributed by atoms with Crippen molar-refractivity contribution in [2.45, 2.75) is 20.0 Å². The number of ether oxygens (including phenoxy) is 1. The van der Waals surface area contributed by atoms with E-state index in [9.17, 15) is 9.59 Å². The number of hydrogen-bond acceptors (Lipinski definition) is 4. The van der Waals surface area contributed by atoms with Crippen LogP contribution in [0, 0.1) is 6.92 Å². The van der Waals surface area contributed by atoms with Gasteiger partial charge in [-0.05, 0) is 38.1 Å². The van der Waals surface area contributed by atoms with Gasteiger partial charge in [-0.15, -0.1) is 0 Å². The zero-order valence-electron chi connectivity index (χ0n) is 14.1. The Bertz CT molecular complexity index is 859. The van der Waals surface area contributed by atoms with Crippen LogP contribution in [0.25, 0.3) is 11.3 Å². The molecule has 0 aliphatic heterocycles. The Labute approximate surface area is 146 Å². The van der Waals surface area contributed by atoms with E-state index >= 15 is 0 Å². The quantitative estimate of drug-likeness (QED) is 0.502. The summed E-state index contributed by atoms with van der Waals surface area (Å²) in [5, 5.41) is 0. The highest BCUT2D eigenvalue weighted by molar-refractivity contribution is 6.01. The molecule has 1 atom stereocenters. The number of hydrogen-bond donors (Lipinski definition) is 0. The van der Waals surface area contributed by atoms with E-state index < -0.39 is 12.1 Å². The summed E-state index contributed by atoms with van der Waals surface area (Å²) in [4.78, 5) is 24.6. The predicted molar refractivity (Wildman–Crippen MR) is 94.5 cm³/mol. The van der Waals surface area contributed by atoms with Crippen LogP contribution in [-0.4, -0.2) is 17.9 Å². The highest BCUT2D eigenvalue weighted by atomic mass is 16.5. The van der Waals surface area contributed by atoms with Gasteiger partial charge in [0.25, 0.3) is 0 Å². The first-order chi connectivity index (χ1) is 12.0. The second kappa shape index (κ2) is 7.18. The van der Waals surface area contributed by atoms with E-state index in [1.54, 1.807) is 55.7 Å². The molecule has 2 aromatic carbocycles. The minimum absolute atomic E-state index is 0.222. The van der Waals surface area contributed by atoms with Crippen molar-refractivity contribution >= 4 is 11.8 Å². The van der Waals surface area contributed by atoms with Gasteiger partial charge in [0.15, 0.2) is 6.10 Å². The molecule has 3 aromatic rings. The molecule has 0 spiro atoms. The summed E-state index contributed by atoms with van der Waals surface area (Å²) in [6.45, 7) is 3.53. The third-order valence-corrected chi connectivity index (χ3v) is 3.92. The lowest BCUT2D eigenvalue weighted by molar-refractivity contribution is 0.0319. The van der Waals surface area contributed by atoms with Gasteiger partial charge in [0.05, 0.1) is 11.8 Å². The van der Waals surface area contributed by atoms with E-state index in [1.807, 2.05) is 25.1 Å².